The summed E-state index contributed by atoms with van der Waals surface area (Å²) in [6.45, 7) is 8.19. The van der Waals surface area contributed by atoms with Crippen molar-refractivity contribution >= 4 is 40.6 Å². The van der Waals surface area contributed by atoms with Crippen LogP contribution in [0, 0.1) is 23.7 Å². The molecule has 0 bridgehead atoms. The Hall–Kier alpha value is -4.06. The van der Waals surface area contributed by atoms with Gasteiger partial charge in [-0.05, 0) is 25.6 Å². The van der Waals surface area contributed by atoms with E-state index in [1.165, 1.54) is 10.8 Å². The molecule has 37 heavy (non-hydrogen) atoms. The van der Waals surface area contributed by atoms with E-state index >= 15 is 0 Å². The first-order chi connectivity index (χ1) is 17.9. The number of rotatable bonds is 9. The van der Waals surface area contributed by atoms with Crippen LogP contribution >= 0.6 is 11.3 Å². The molecular weight excluding hydrogens is 492 g/mol. The fourth-order valence-electron chi connectivity index (χ4n) is 3.78. The lowest BCUT2D eigenvalue weighted by Crippen LogP contribution is -2.49. The molecule has 3 rings (SSSR count). The highest BCUT2D eigenvalue weighted by Crippen LogP contribution is 2.17. The summed E-state index contributed by atoms with van der Waals surface area (Å²) in [5.74, 6) is 2.12. The molecule has 1 fully saturated rings. The van der Waals surface area contributed by atoms with Crippen LogP contribution < -0.4 is 30.1 Å². The number of terminal acetylenes is 1. The highest BCUT2D eigenvalue weighted by Gasteiger charge is 2.20. The summed E-state index contributed by atoms with van der Waals surface area (Å²) in [5, 5.41) is 15.0. The number of nitriles is 1. The second-order valence-electron chi connectivity index (χ2n) is 8.11. The van der Waals surface area contributed by atoms with Crippen molar-refractivity contribution in [3.63, 3.8) is 0 Å². The smallest absolute Gasteiger partial charge is 0.270 e. The molecule has 0 spiro atoms. The molecule has 0 radical (unpaired) electrons. The van der Waals surface area contributed by atoms with Gasteiger partial charge in [-0.15, -0.1) is 17.8 Å². The first-order valence-electron chi connectivity index (χ1n) is 12.0. The average molecular weight is 523 g/mol. The molecule has 194 valence electrons. The van der Waals surface area contributed by atoms with Gasteiger partial charge in [0.15, 0.2) is 12.2 Å². The van der Waals surface area contributed by atoms with Crippen molar-refractivity contribution in [2.45, 2.75) is 20.4 Å². The predicted molar refractivity (Wildman–Crippen MR) is 143 cm³/mol. The van der Waals surface area contributed by atoms with Gasteiger partial charge in [0.05, 0.1) is 6.54 Å². The summed E-state index contributed by atoms with van der Waals surface area (Å²) in [4.78, 5) is 41.8. The molecule has 0 unspecified atom stereocenters. The molecule has 0 saturated carbocycles. The van der Waals surface area contributed by atoms with Crippen LogP contribution in [0.25, 0.3) is 11.8 Å². The van der Waals surface area contributed by atoms with E-state index in [0.29, 0.717) is 29.1 Å². The lowest BCUT2D eigenvalue weighted by molar-refractivity contribution is -0.135. The summed E-state index contributed by atoms with van der Waals surface area (Å²) in [7, 11) is 0. The number of hydrogen-bond donors (Lipinski definition) is 2. The minimum absolute atomic E-state index is 0.0220. The van der Waals surface area contributed by atoms with Gasteiger partial charge in [0.2, 0.25) is 0 Å². The summed E-state index contributed by atoms with van der Waals surface area (Å²) in [6, 6.07) is 8.93. The molecule has 11 heteroatoms. The maximum atomic E-state index is 12.9. The first kappa shape index (κ1) is 27.5. The number of carbonyl (C=O) groups excluding carboxylic acids is 2. The fourth-order valence-corrected chi connectivity index (χ4v) is 4.87. The van der Waals surface area contributed by atoms with E-state index in [4.69, 9.17) is 11.2 Å². The molecule has 2 N–H and O–H groups in total. The normalized spacial score (nSPS) is 14.9. The number of ether oxygens (including phenoxy) is 1. The summed E-state index contributed by atoms with van der Waals surface area (Å²) in [5.41, 5.74) is 0.152. The number of anilines is 1. The van der Waals surface area contributed by atoms with E-state index in [2.05, 4.69) is 28.4 Å². The average Bonchev–Trinajstić information content (AvgIpc) is 3.24. The number of aromatic nitrogens is 1. The van der Waals surface area contributed by atoms with Crippen LogP contribution in [0.2, 0.25) is 0 Å². The van der Waals surface area contributed by atoms with Crippen LogP contribution in [-0.4, -0.2) is 72.1 Å². The SMILES string of the molecule is C#CCNC(=O)C(C#N)=c1sc(=CNc2cccc(OCC(=O)N3CCN(CC)CC3)c2)c(=O)n1CC. The van der Waals surface area contributed by atoms with Crippen molar-refractivity contribution in [1.82, 2.24) is 19.7 Å². The van der Waals surface area contributed by atoms with Crippen LogP contribution in [0.15, 0.2) is 29.1 Å². The standard InChI is InChI=1S/C26H30N6O4S/c1-4-10-28-24(34)21(16-27)26-32(6-3)25(35)22(37-26)17-29-19-8-7-9-20(15-19)36-18-23(33)31-13-11-30(5-2)12-14-31/h1,7-9,15,17,29H,5-6,10-14,18H2,2-3H3,(H,28,34). The number of nitrogens with one attached hydrogen (secondary N) is 2. The van der Waals surface area contributed by atoms with Gasteiger partial charge in [-0.3, -0.25) is 19.0 Å². The molecule has 1 aromatic carbocycles. The number of amides is 2. The quantitative estimate of drug-likeness (QED) is 0.436. The maximum absolute atomic E-state index is 12.9. The van der Waals surface area contributed by atoms with Gasteiger partial charge >= 0.3 is 0 Å². The highest BCUT2D eigenvalue weighted by atomic mass is 32.1. The third-order valence-corrected chi connectivity index (χ3v) is 7.00. The molecule has 1 aliphatic rings. The van der Waals surface area contributed by atoms with E-state index in [1.807, 2.05) is 11.0 Å². The number of benzene rings is 1. The monoisotopic (exact) mass is 522 g/mol. The topological polar surface area (TPSA) is 120 Å². The second kappa shape index (κ2) is 13.3. The lowest BCUT2D eigenvalue weighted by atomic mass is 10.3. The molecule has 2 aromatic rings. The minimum atomic E-state index is -0.630. The summed E-state index contributed by atoms with van der Waals surface area (Å²) in [6.07, 6.45) is 6.69. The van der Waals surface area contributed by atoms with Crippen LogP contribution in [0.5, 0.6) is 5.75 Å². The molecule has 2 heterocycles. The van der Waals surface area contributed by atoms with Gasteiger partial charge in [0.25, 0.3) is 17.4 Å². The maximum Gasteiger partial charge on any atom is 0.270 e. The van der Waals surface area contributed by atoms with Crippen LogP contribution in [0.4, 0.5) is 5.69 Å². The molecule has 2 amide bonds. The van der Waals surface area contributed by atoms with Crippen molar-refractivity contribution in [3.05, 3.63) is 43.8 Å². The van der Waals surface area contributed by atoms with Gasteiger partial charge < -0.3 is 25.2 Å². The number of carbonyl (C=O) groups is 2. The lowest BCUT2D eigenvalue weighted by Gasteiger charge is -2.33. The van der Waals surface area contributed by atoms with Crippen molar-refractivity contribution < 1.29 is 14.3 Å². The Morgan fingerprint density at radius 2 is 1.97 bits per heavy atom. The number of likely N-dealkylation sites (N-methyl/N-ethyl adjacent to an activating group) is 1. The number of piperazine rings is 1. The van der Waals surface area contributed by atoms with Crippen molar-refractivity contribution in [2.75, 3.05) is 51.2 Å². The number of hydrogen-bond acceptors (Lipinski definition) is 8. The van der Waals surface area contributed by atoms with E-state index in [-0.39, 0.29) is 41.4 Å². The first-order valence-corrected chi connectivity index (χ1v) is 12.8. The second-order valence-corrected chi connectivity index (χ2v) is 9.15. The third-order valence-electron chi connectivity index (χ3n) is 5.87. The van der Waals surface area contributed by atoms with Crippen LogP contribution in [-0.2, 0) is 16.1 Å². The summed E-state index contributed by atoms with van der Waals surface area (Å²) < 4.78 is 7.67. The number of nitrogens with zero attached hydrogens (tertiary/aromatic N) is 4. The molecule has 1 aromatic heterocycles. The minimum Gasteiger partial charge on any atom is -0.484 e. The van der Waals surface area contributed by atoms with Gasteiger partial charge in [-0.2, -0.15) is 5.26 Å². The van der Waals surface area contributed by atoms with Crippen molar-refractivity contribution in [3.8, 4) is 24.2 Å². The zero-order chi connectivity index (χ0) is 26.8. The highest BCUT2D eigenvalue weighted by molar-refractivity contribution is 7.07. The molecule has 1 saturated heterocycles. The zero-order valence-corrected chi connectivity index (χ0v) is 21.8. The van der Waals surface area contributed by atoms with Crippen molar-refractivity contribution in [2.24, 2.45) is 0 Å². The molecule has 10 nitrogen and oxygen atoms in total. The molecule has 0 aliphatic carbocycles. The van der Waals surface area contributed by atoms with E-state index in [9.17, 15) is 19.6 Å². The van der Waals surface area contributed by atoms with Crippen LogP contribution in [0.1, 0.15) is 13.8 Å². The fraction of sp³-hybridized carbons (Fsp3) is 0.385. The Morgan fingerprint density at radius 1 is 1.22 bits per heavy atom. The third kappa shape index (κ3) is 7.00. The summed E-state index contributed by atoms with van der Waals surface area (Å²) >= 11 is 1.04. The molecule has 0 atom stereocenters. The Balaban J connectivity index is 1.74. The molecule has 1 aliphatic heterocycles. The van der Waals surface area contributed by atoms with E-state index < -0.39 is 5.91 Å². The Morgan fingerprint density at radius 3 is 2.62 bits per heavy atom. The van der Waals surface area contributed by atoms with Gasteiger partial charge in [-0.1, -0.05) is 18.9 Å². The predicted octanol–water partition coefficient (Wildman–Crippen LogP) is -0.254. The largest absolute Gasteiger partial charge is 0.484 e. The molecular formula is C26H30N6O4S. The van der Waals surface area contributed by atoms with Gasteiger partial charge in [-0.25, -0.2) is 0 Å². The number of thiazole rings is 1. The van der Waals surface area contributed by atoms with Crippen LogP contribution in [0.3, 0.4) is 0 Å². The Bertz CT molecular complexity index is 1390. The Kier molecular flexibility index (Phi) is 9.90. The van der Waals surface area contributed by atoms with E-state index in [0.717, 1.165) is 31.0 Å². The Labute approximate surface area is 219 Å². The van der Waals surface area contributed by atoms with Gasteiger partial charge in [0, 0.05) is 50.7 Å². The van der Waals surface area contributed by atoms with E-state index in [1.54, 1.807) is 31.2 Å². The van der Waals surface area contributed by atoms with Gasteiger partial charge in [0.1, 0.15) is 21.0 Å². The zero-order valence-electron chi connectivity index (χ0n) is 21.0. The van der Waals surface area contributed by atoms with Crippen molar-refractivity contribution in [1.29, 1.82) is 5.26 Å².